The van der Waals surface area contributed by atoms with Crippen molar-refractivity contribution in [1.82, 2.24) is 20.5 Å². The van der Waals surface area contributed by atoms with Gasteiger partial charge in [0.1, 0.15) is 5.82 Å². The molecule has 4 amide bonds. The average Bonchev–Trinajstić information content (AvgIpc) is 3.50. The molecule has 3 heterocycles. The number of allylic oxidation sites excluding steroid dienone is 1. The highest BCUT2D eigenvalue weighted by Crippen LogP contribution is 2.35. The molecule has 9 heteroatoms. The zero-order valence-electron chi connectivity index (χ0n) is 17.9. The molecule has 3 aliphatic rings. The fourth-order valence-corrected chi connectivity index (χ4v) is 5.74. The second kappa shape index (κ2) is 7.59. The van der Waals surface area contributed by atoms with Gasteiger partial charge < -0.3 is 10.2 Å². The van der Waals surface area contributed by atoms with Crippen LogP contribution in [0.4, 0.5) is 9.18 Å². The number of nitrogens with zero attached hydrogens (tertiary/aromatic N) is 2. The van der Waals surface area contributed by atoms with Crippen LogP contribution in [0.3, 0.4) is 0 Å². The molecule has 0 radical (unpaired) electrons. The number of rotatable bonds is 4. The number of carbonyl (C=O) groups excluding carboxylic acids is 3. The predicted octanol–water partition coefficient (Wildman–Crippen LogP) is 3.33. The second-order valence-electron chi connectivity index (χ2n) is 8.73. The minimum absolute atomic E-state index is 0.0629. The maximum Gasteiger partial charge on any atom is 0.322 e. The second-order valence-corrected chi connectivity index (χ2v) is 9.67. The molecule has 1 aliphatic carbocycles. The van der Waals surface area contributed by atoms with Crippen molar-refractivity contribution in [1.29, 1.82) is 0 Å². The van der Waals surface area contributed by atoms with Gasteiger partial charge in [0.15, 0.2) is 5.54 Å². The van der Waals surface area contributed by atoms with E-state index in [0.717, 1.165) is 17.7 Å². The summed E-state index contributed by atoms with van der Waals surface area (Å²) in [4.78, 5) is 45.2. The van der Waals surface area contributed by atoms with Gasteiger partial charge in [-0.1, -0.05) is 36.4 Å². The van der Waals surface area contributed by atoms with Crippen molar-refractivity contribution in [3.8, 4) is 0 Å². The van der Waals surface area contributed by atoms with Gasteiger partial charge in [0.2, 0.25) is 0 Å². The van der Waals surface area contributed by atoms with Crippen LogP contribution in [0.2, 0.25) is 0 Å². The maximum absolute atomic E-state index is 13.7. The number of aromatic nitrogens is 1. The lowest BCUT2D eigenvalue weighted by Gasteiger charge is -2.31. The summed E-state index contributed by atoms with van der Waals surface area (Å²) in [6.45, 7) is 0.175. The molecule has 0 bridgehead atoms. The third-order valence-corrected chi connectivity index (χ3v) is 7.59. The zero-order valence-corrected chi connectivity index (χ0v) is 18.7. The number of thiazole rings is 1. The Labute approximate surface area is 198 Å². The van der Waals surface area contributed by atoms with Crippen LogP contribution in [-0.4, -0.2) is 34.3 Å². The van der Waals surface area contributed by atoms with Gasteiger partial charge >= 0.3 is 6.03 Å². The quantitative estimate of drug-likeness (QED) is 0.568. The van der Waals surface area contributed by atoms with Crippen molar-refractivity contribution < 1.29 is 18.8 Å². The predicted molar refractivity (Wildman–Crippen MR) is 124 cm³/mol. The lowest BCUT2D eigenvalue weighted by molar-refractivity contribution is -0.124. The zero-order chi connectivity index (χ0) is 23.4. The average molecular weight is 475 g/mol. The molecule has 1 aromatic heterocycles. The van der Waals surface area contributed by atoms with E-state index in [9.17, 15) is 18.8 Å². The van der Waals surface area contributed by atoms with E-state index in [1.165, 1.54) is 21.9 Å². The number of halogens is 1. The van der Waals surface area contributed by atoms with E-state index in [1.54, 1.807) is 17.4 Å². The molecule has 0 saturated carbocycles. The van der Waals surface area contributed by atoms with E-state index >= 15 is 0 Å². The Morgan fingerprint density at radius 2 is 1.97 bits per heavy atom. The molecule has 7 nitrogen and oxygen atoms in total. The van der Waals surface area contributed by atoms with Crippen LogP contribution in [-0.2, 0) is 23.3 Å². The van der Waals surface area contributed by atoms with Crippen LogP contribution in [0.1, 0.15) is 43.5 Å². The summed E-state index contributed by atoms with van der Waals surface area (Å²) in [5, 5.41) is 5.05. The van der Waals surface area contributed by atoms with E-state index in [4.69, 9.17) is 0 Å². The monoisotopic (exact) mass is 474 g/mol. The van der Waals surface area contributed by atoms with Crippen LogP contribution >= 0.6 is 11.3 Å². The lowest BCUT2D eigenvalue weighted by Crippen LogP contribution is -2.52. The van der Waals surface area contributed by atoms with Crippen LogP contribution in [0.15, 0.2) is 54.1 Å². The number of hydrogen-bond acceptors (Lipinski definition) is 5. The van der Waals surface area contributed by atoms with Gasteiger partial charge in [-0.2, -0.15) is 0 Å². The fourth-order valence-electron chi connectivity index (χ4n) is 4.93. The number of urea groups is 1. The number of nitrogens with one attached hydrogen (secondary N) is 2. The summed E-state index contributed by atoms with van der Waals surface area (Å²) in [5.41, 5.74) is 4.05. The van der Waals surface area contributed by atoms with Crippen LogP contribution in [0.25, 0.3) is 6.08 Å². The standard InChI is InChI=1S/C25H19FN4O3S/c26-18-7-3-16-11-30(22(31)19(16)10-18)12-25(23(32)28-24(33)29-25)17-5-1-14(2-6-17)15-4-8-20-21(9-15)34-13-27-20/h1-8,10,13,15H,9,11-12H2,(H2,28,29,32,33)/t15?,25-/m1/s1. The molecule has 2 atom stereocenters. The van der Waals surface area contributed by atoms with Crippen molar-refractivity contribution >= 4 is 35.3 Å². The highest BCUT2D eigenvalue weighted by molar-refractivity contribution is 7.09. The van der Waals surface area contributed by atoms with Crippen LogP contribution < -0.4 is 10.6 Å². The molecule has 0 spiro atoms. The summed E-state index contributed by atoms with van der Waals surface area (Å²) in [6.07, 6.45) is 5.00. The van der Waals surface area contributed by atoms with Gasteiger partial charge in [0, 0.05) is 22.9 Å². The van der Waals surface area contributed by atoms with Crippen LogP contribution in [0.5, 0.6) is 0 Å². The fraction of sp³-hybridized carbons (Fsp3) is 0.200. The normalized spacial score (nSPS) is 23.0. The minimum atomic E-state index is -1.43. The van der Waals surface area contributed by atoms with E-state index < -0.39 is 23.3 Å². The van der Waals surface area contributed by atoms with Crippen molar-refractivity contribution in [2.75, 3.05) is 6.54 Å². The molecule has 1 fully saturated rings. The summed E-state index contributed by atoms with van der Waals surface area (Å²) < 4.78 is 13.7. The lowest BCUT2D eigenvalue weighted by atomic mass is 9.85. The molecular weight excluding hydrogens is 455 g/mol. The highest BCUT2D eigenvalue weighted by Gasteiger charge is 2.50. The molecule has 2 aromatic carbocycles. The first kappa shape index (κ1) is 20.7. The van der Waals surface area contributed by atoms with Crippen molar-refractivity contribution in [2.24, 2.45) is 0 Å². The number of benzene rings is 2. The topological polar surface area (TPSA) is 91.4 Å². The van der Waals surface area contributed by atoms with E-state index in [2.05, 4.69) is 21.7 Å². The number of fused-ring (bicyclic) bond motifs is 2. The summed E-state index contributed by atoms with van der Waals surface area (Å²) in [6, 6.07) is 11.0. The molecule has 34 heavy (non-hydrogen) atoms. The van der Waals surface area contributed by atoms with Gasteiger partial charge in [-0.25, -0.2) is 14.2 Å². The smallest absolute Gasteiger partial charge is 0.322 e. The molecule has 2 aliphatic heterocycles. The number of hydrogen-bond donors (Lipinski definition) is 2. The Hall–Kier alpha value is -3.85. The molecular formula is C25H19FN4O3S. The summed E-state index contributed by atoms with van der Waals surface area (Å²) in [7, 11) is 0. The van der Waals surface area contributed by atoms with Gasteiger partial charge in [0.05, 0.1) is 17.7 Å². The van der Waals surface area contributed by atoms with E-state index in [0.29, 0.717) is 11.1 Å². The Morgan fingerprint density at radius 1 is 1.15 bits per heavy atom. The number of imide groups is 1. The van der Waals surface area contributed by atoms with Gasteiger partial charge in [-0.15, -0.1) is 11.3 Å². The molecule has 6 rings (SSSR count). The van der Waals surface area contributed by atoms with Gasteiger partial charge in [-0.3, -0.25) is 14.9 Å². The van der Waals surface area contributed by atoms with Gasteiger partial charge in [-0.05, 0) is 41.3 Å². The first-order chi connectivity index (χ1) is 16.4. The first-order valence-corrected chi connectivity index (χ1v) is 11.7. The summed E-state index contributed by atoms with van der Waals surface area (Å²) >= 11 is 1.64. The minimum Gasteiger partial charge on any atom is -0.331 e. The number of amides is 4. The van der Waals surface area contributed by atoms with E-state index in [-0.39, 0.29) is 30.5 Å². The number of carbonyl (C=O) groups is 3. The van der Waals surface area contributed by atoms with E-state index in [1.807, 2.05) is 35.9 Å². The van der Waals surface area contributed by atoms with Crippen molar-refractivity contribution in [3.05, 3.63) is 92.7 Å². The Kier molecular flexibility index (Phi) is 4.63. The molecule has 1 saturated heterocycles. The Morgan fingerprint density at radius 3 is 2.74 bits per heavy atom. The Balaban J connectivity index is 1.30. The summed E-state index contributed by atoms with van der Waals surface area (Å²) in [5.74, 6) is -1.19. The molecule has 2 N–H and O–H groups in total. The van der Waals surface area contributed by atoms with Crippen molar-refractivity contribution in [2.45, 2.75) is 24.4 Å². The molecule has 3 aromatic rings. The van der Waals surface area contributed by atoms with Crippen LogP contribution in [0, 0.1) is 5.82 Å². The van der Waals surface area contributed by atoms with Crippen molar-refractivity contribution in [3.63, 3.8) is 0 Å². The third kappa shape index (κ3) is 3.23. The molecule has 170 valence electrons. The molecule has 1 unspecified atom stereocenters. The highest BCUT2D eigenvalue weighted by atomic mass is 32.1. The first-order valence-electron chi connectivity index (χ1n) is 10.9. The largest absolute Gasteiger partial charge is 0.331 e. The Bertz CT molecular complexity index is 1380. The maximum atomic E-state index is 13.7. The third-order valence-electron chi connectivity index (χ3n) is 6.72. The SMILES string of the molecule is O=C1NC(=O)[C@@](CN2Cc3ccc(F)cc3C2=O)(c2ccc(C3C=Cc4ncsc4C3)cc2)N1. The van der Waals surface area contributed by atoms with Gasteiger partial charge in [0.25, 0.3) is 11.8 Å².